The lowest BCUT2D eigenvalue weighted by atomic mass is 10.0. The maximum absolute atomic E-state index is 12.5. The fraction of sp³-hybridized carbons (Fsp3) is 0.881. The zero-order valence-electron chi connectivity index (χ0n) is 33.4. The Balaban J connectivity index is 4.18. The molecule has 0 aromatic rings. The lowest BCUT2D eigenvalue weighted by Crippen LogP contribution is -2.50. The SMILES string of the molecule is CCCCC/C=C/CCC(=O)OC(COCCC(C(=O)O)[N+](C)(C)C)COC(=O)CCCCCCCCCCCCCCCCCCCCC. The third-order valence-electron chi connectivity index (χ3n) is 9.43. The fourth-order valence-electron chi connectivity index (χ4n) is 6.17. The van der Waals surface area contributed by atoms with E-state index in [-0.39, 0.29) is 42.7 Å². The molecule has 0 saturated carbocycles. The van der Waals surface area contributed by atoms with Crippen molar-refractivity contribution < 1.29 is 38.2 Å². The highest BCUT2D eigenvalue weighted by Crippen LogP contribution is 2.15. The number of unbranched alkanes of at least 4 members (excludes halogenated alkanes) is 21. The van der Waals surface area contributed by atoms with Crippen LogP contribution < -0.4 is 0 Å². The van der Waals surface area contributed by atoms with Gasteiger partial charge < -0.3 is 23.8 Å². The van der Waals surface area contributed by atoms with Gasteiger partial charge >= 0.3 is 17.9 Å². The summed E-state index contributed by atoms with van der Waals surface area (Å²) in [5, 5.41) is 9.57. The highest BCUT2D eigenvalue weighted by molar-refractivity contribution is 5.72. The molecule has 50 heavy (non-hydrogen) atoms. The van der Waals surface area contributed by atoms with Gasteiger partial charge in [0.1, 0.15) is 6.61 Å². The van der Waals surface area contributed by atoms with Gasteiger partial charge in [-0.25, -0.2) is 4.79 Å². The first-order chi connectivity index (χ1) is 24.1. The number of rotatable bonds is 37. The molecule has 0 amide bonds. The summed E-state index contributed by atoms with van der Waals surface area (Å²) in [5.41, 5.74) is 0. The second-order valence-corrected chi connectivity index (χ2v) is 15.2. The zero-order valence-corrected chi connectivity index (χ0v) is 33.4. The van der Waals surface area contributed by atoms with Crippen LogP contribution in [-0.4, -0.2) is 80.6 Å². The van der Waals surface area contributed by atoms with Crippen molar-refractivity contribution in [2.75, 3.05) is 41.0 Å². The molecule has 8 nitrogen and oxygen atoms in total. The summed E-state index contributed by atoms with van der Waals surface area (Å²) in [6, 6.07) is -0.614. The van der Waals surface area contributed by atoms with E-state index in [9.17, 15) is 19.5 Å². The molecule has 8 heteroatoms. The summed E-state index contributed by atoms with van der Waals surface area (Å²) in [7, 11) is 5.51. The molecule has 0 aliphatic rings. The molecule has 0 fully saturated rings. The Hall–Kier alpha value is -1.93. The number of likely N-dealkylation sites (N-methyl/N-ethyl adjacent to an activating group) is 1. The Labute approximate surface area is 308 Å². The van der Waals surface area contributed by atoms with Crippen LogP contribution in [0.15, 0.2) is 12.2 Å². The number of carboxylic acids is 1. The van der Waals surface area contributed by atoms with Crippen LogP contribution in [0, 0.1) is 0 Å². The van der Waals surface area contributed by atoms with Crippen molar-refractivity contribution in [2.45, 2.75) is 199 Å². The van der Waals surface area contributed by atoms with Gasteiger partial charge in [-0.05, 0) is 25.7 Å². The van der Waals surface area contributed by atoms with Crippen LogP contribution in [-0.2, 0) is 28.6 Å². The molecule has 2 unspecified atom stereocenters. The number of carboxylic acid groups (broad SMARTS) is 1. The molecule has 2 atom stereocenters. The predicted molar refractivity (Wildman–Crippen MR) is 206 cm³/mol. The molecule has 0 aliphatic heterocycles. The number of allylic oxidation sites excluding steroid dienone is 2. The molecule has 0 aromatic carbocycles. The van der Waals surface area contributed by atoms with Gasteiger partial charge in [-0.1, -0.05) is 154 Å². The average Bonchev–Trinajstić information content (AvgIpc) is 3.06. The first-order valence-corrected chi connectivity index (χ1v) is 20.7. The molecule has 0 spiro atoms. The number of hydrogen-bond donors (Lipinski definition) is 1. The average molecular weight is 711 g/mol. The van der Waals surface area contributed by atoms with Crippen LogP contribution >= 0.6 is 0 Å². The molecule has 0 radical (unpaired) electrons. The molecular weight excluding hydrogens is 630 g/mol. The summed E-state index contributed by atoms with van der Waals surface area (Å²) >= 11 is 0. The molecule has 0 aliphatic carbocycles. The van der Waals surface area contributed by atoms with E-state index in [4.69, 9.17) is 14.2 Å². The molecule has 0 aromatic heterocycles. The van der Waals surface area contributed by atoms with E-state index in [1.54, 1.807) is 0 Å². The smallest absolute Gasteiger partial charge is 0.362 e. The van der Waals surface area contributed by atoms with E-state index in [1.807, 2.05) is 27.2 Å². The highest BCUT2D eigenvalue weighted by Gasteiger charge is 2.31. The first-order valence-electron chi connectivity index (χ1n) is 20.7. The van der Waals surface area contributed by atoms with Crippen molar-refractivity contribution in [3.05, 3.63) is 12.2 Å². The Morgan fingerprint density at radius 3 is 1.52 bits per heavy atom. The Bertz CT molecular complexity index is 838. The third kappa shape index (κ3) is 32.0. The van der Waals surface area contributed by atoms with Crippen LogP contribution in [0.3, 0.4) is 0 Å². The van der Waals surface area contributed by atoms with Gasteiger partial charge in [0.05, 0.1) is 34.4 Å². The lowest BCUT2D eigenvalue weighted by molar-refractivity contribution is -0.887. The van der Waals surface area contributed by atoms with Crippen molar-refractivity contribution in [2.24, 2.45) is 0 Å². The number of ether oxygens (including phenoxy) is 3. The van der Waals surface area contributed by atoms with Crippen LogP contribution in [0.5, 0.6) is 0 Å². The zero-order chi connectivity index (χ0) is 37.1. The van der Waals surface area contributed by atoms with E-state index in [1.165, 1.54) is 116 Å². The molecular formula is C42H80NO7+. The van der Waals surface area contributed by atoms with Crippen molar-refractivity contribution >= 4 is 17.9 Å². The van der Waals surface area contributed by atoms with E-state index >= 15 is 0 Å². The van der Waals surface area contributed by atoms with Gasteiger partial charge in [0, 0.05) is 19.3 Å². The van der Waals surface area contributed by atoms with Gasteiger partial charge in [0.2, 0.25) is 0 Å². The monoisotopic (exact) mass is 711 g/mol. The summed E-state index contributed by atoms with van der Waals surface area (Å²) in [4.78, 5) is 36.6. The van der Waals surface area contributed by atoms with Crippen LogP contribution in [0.2, 0.25) is 0 Å². The minimum Gasteiger partial charge on any atom is -0.477 e. The summed E-state index contributed by atoms with van der Waals surface area (Å²) in [6.45, 7) is 4.64. The van der Waals surface area contributed by atoms with Crippen molar-refractivity contribution in [3.8, 4) is 0 Å². The first kappa shape index (κ1) is 48.1. The molecule has 0 bridgehead atoms. The fourth-order valence-corrected chi connectivity index (χ4v) is 6.17. The lowest BCUT2D eigenvalue weighted by Gasteiger charge is -2.31. The summed E-state index contributed by atoms with van der Waals surface area (Å²) in [6.07, 6.45) is 34.3. The molecule has 0 heterocycles. The quantitative estimate of drug-likeness (QED) is 0.0296. The van der Waals surface area contributed by atoms with E-state index in [0.717, 1.165) is 32.1 Å². The van der Waals surface area contributed by atoms with Gasteiger partial charge in [0.15, 0.2) is 12.1 Å². The second-order valence-electron chi connectivity index (χ2n) is 15.2. The molecule has 0 rings (SSSR count). The highest BCUT2D eigenvalue weighted by atomic mass is 16.6. The number of quaternary nitrogens is 1. The van der Waals surface area contributed by atoms with E-state index in [2.05, 4.69) is 19.9 Å². The van der Waals surface area contributed by atoms with E-state index < -0.39 is 18.1 Å². The van der Waals surface area contributed by atoms with Crippen LogP contribution in [0.1, 0.15) is 187 Å². The standard InChI is InChI=1S/C42H79NO7/c1-6-8-10-12-14-15-16-17-18-19-20-21-22-23-24-25-27-28-30-32-40(44)49-37-38(36-48-35-34-39(42(46)47)43(3,4)5)50-41(45)33-31-29-26-13-11-9-7-2/h26,29,38-39H,6-25,27-28,30-37H2,1-5H3/p+1/b29-26+. The minimum atomic E-state index is -0.879. The maximum Gasteiger partial charge on any atom is 0.362 e. The van der Waals surface area contributed by atoms with Crippen molar-refractivity contribution in [1.29, 1.82) is 0 Å². The van der Waals surface area contributed by atoms with Gasteiger partial charge in [-0.15, -0.1) is 0 Å². The van der Waals surface area contributed by atoms with Crippen LogP contribution in [0.25, 0.3) is 0 Å². The topological polar surface area (TPSA) is 99.1 Å². The summed E-state index contributed by atoms with van der Waals surface area (Å²) < 4.78 is 17.1. The number of carbonyl (C=O) groups is 3. The van der Waals surface area contributed by atoms with Gasteiger partial charge in [0.25, 0.3) is 0 Å². The van der Waals surface area contributed by atoms with Gasteiger partial charge in [-0.3, -0.25) is 9.59 Å². The van der Waals surface area contributed by atoms with Crippen molar-refractivity contribution in [3.63, 3.8) is 0 Å². The Morgan fingerprint density at radius 2 is 1.04 bits per heavy atom. The number of esters is 2. The van der Waals surface area contributed by atoms with E-state index in [0.29, 0.717) is 19.3 Å². The number of carbonyl (C=O) groups excluding carboxylic acids is 2. The Kier molecular flexibility index (Phi) is 32.9. The maximum atomic E-state index is 12.5. The largest absolute Gasteiger partial charge is 0.477 e. The third-order valence-corrected chi connectivity index (χ3v) is 9.43. The minimum absolute atomic E-state index is 0.0502. The predicted octanol–water partition coefficient (Wildman–Crippen LogP) is 10.7. The molecule has 294 valence electrons. The number of aliphatic carboxylic acids is 1. The van der Waals surface area contributed by atoms with Crippen LogP contribution in [0.4, 0.5) is 0 Å². The van der Waals surface area contributed by atoms with Gasteiger partial charge in [-0.2, -0.15) is 0 Å². The number of nitrogens with zero attached hydrogens (tertiary/aromatic N) is 1. The van der Waals surface area contributed by atoms with Crippen molar-refractivity contribution in [1.82, 2.24) is 0 Å². The Morgan fingerprint density at radius 1 is 0.580 bits per heavy atom. The summed E-state index contributed by atoms with van der Waals surface area (Å²) in [5.74, 6) is -1.53. The number of hydrogen-bond acceptors (Lipinski definition) is 6. The molecule has 0 saturated heterocycles. The normalized spacial score (nSPS) is 13.1. The second kappa shape index (κ2) is 34.2. The molecule has 1 N–H and O–H groups in total.